The van der Waals surface area contributed by atoms with Gasteiger partial charge in [0.1, 0.15) is 0 Å². The van der Waals surface area contributed by atoms with E-state index in [9.17, 15) is 0 Å². The molecule has 0 amide bonds. The number of benzene rings is 1. The lowest BCUT2D eigenvalue weighted by atomic mass is 10.1. The van der Waals surface area contributed by atoms with Gasteiger partial charge in [-0.3, -0.25) is 0 Å². The van der Waals surface area contributed by atoms with Crippen molar-refractivity contribution in [3.8, 4) is 0 Å². The fourth-order valence-corrected chi connectivity index (χ4v) is 1.66. The molecule has 1 aromatic rings. The van der Waals surface area contributed by atoms with Crippen LogP contribution in [0.25, 0.3) is 0 Å². The summed E-state index contributed by atoms with van der Waals surface area (Å²) in [5.41, 5.74) is 2.36. The zero-order chi connectivity index (χ0) is 11.3. The molecule has 0 aromatic heterocycles. The van der Waals surface area contributed by atoms with Crippen molar-refractivity contribution >= 4 is 11.6 Å². The van der Waals surface area contributed by atoms with Crippen molar-refractivity contribution in [3.63, 3.8) is 0 Å². The molecule has 1 atom stereocenters. The molecule has 1 N–H and O–H groups in total. The van der Waals surface area contributed by atoms with Gasteiger partial charge >= 0.3 is 0 Å². The molecule has 0 saturated carbocycles. The lowest BCUT2D eigenvalue weighted by Gasteiger charge is -2.16. The maximum absolute atomic E-state index is 6.11. The Balaban J connectivity index is 2.57. The van der Waals surface area contributed by atoms with Crippen LogP contribution in [0.3, 0.4) is 0 Å². The van der Waals surface area contributed by atoms with Crippen LogP contribution in [0.15, 0.2) is 36.4 Å². The smallest absolute Gasteiger partial charge is 0.0453 e. The van der Waals surface area contributed by atoms with E-state index in [0.29, 0.717) is 0 Å². The molecular weight excluding hydrogens is 206 g/mol. The van der Waals surface area contributed by atoms with E-state index in [1.165, 1.54) is 5.57 Å². The normalized spacial score (nSPS) is 12.5. The largest absolute Gasteiger partial charge is 0.306 e. The first-order valence-electron chi connectivity index (χ1n) is 5.29. The first-order valence-corrected chi connectivity index (χ1v) is 5.67. The van der Waals surface area contributed by atoms with Crippen molar-refractivity contribution in [1.29, 1.82) is 0 Å². The van der Waals surface area contributed by atoms with Gasteiger partial charge in [0, 0.05) is 17.6 Å². The van der Waals surface area contributed by atoms with Gasteiger partial charge in [0.05, 0.1) is 0 Å². The summed E-state index contributed by atoms with van der Waals surface area (Å²) in [4.78, 5) is 0. The third-order valence-electron chi connectivity index (χ3n) is 2.53. The van der Waals surface area contributed by atoms with Gasteiger partial charge in [0.15, 0.2) is 0 Å². The number of halogens is 1. The van der Waals surface area contributed by atoms with Crippen LogP contribution in [0.5, 0.6) is 0 Å². The van der Waals surface area contributed by atoms with Gasteiger partial charge in [-0.1, -0.05) is 48.9 Å². The Hall–Kier alpha value is -0.790. The summed E-state index contributed by atoms with van der Waals surface area (Å²) in [6.45, 7) is 9.05. The maximum Gasteiger partial charge on any atom is 0.0453 e. The van der Waals surface area contributed by atoms with Gasteiger partial charge < -0.3 is 5.32 Å². The highest BCUT2D eigenvalue weighted by Crippen LogP contribution is 2.22. The van der Waals surface area contributed by atoms with Gasteiger partial charge in [-0.15, -0.1) is 0 Å². The van der Waals surface area contributed by atoms with E-state index < -0.39 is 0 Å². The number of hydrogen-bond donors (Lipinski definition) is 1. The summed E-state index contributed by atoms with van der Waals surface area (Å²) in [5.74, 6) is 0. The van der Waals surface area contributed by atoms with E-state index in [2.05, 4.69) is 31.8 Å². The third-order valence-corrected chi connectivity index (χ3v) is 2.87. The maximum atomic E-state index is 6.11. The molecule has 0 aliphatic heterocycles. The summed E-state index contributed by atoms with van der Waals surface area (Å²) in [7, 11) is 0. The topological polar surface area (TPSA) is 12.0 Å². The van der Waals surface area contributed by atoms with Crippen LogP contribution in [-0.4, -0.2) is 6.54 Å². The second kappa shape index (κ2) is 5.94. The molecule has 0 radical (unpaired) electrons. The summed E-state index contributed by atoms with van der Waals surface area (Å²) in [5, 5.41) is 4.23. The Morgan fingerprint density at radius 2 is 2.13 bits per heavy atom. The minimum Gasteiger partial charge on any atom is -0.306 e. The molecule has 0 bridgehead atoms. The molecule has 1 rings (SSSR count). The van der Waals surface area contributed by atoms with Gasteiger partial charge in [0.25, 0.3) is 0 Å². The zero-order valence-electron chi connectivity index (χ0n) is 9.39. The van der Waals surface area contributed by atoms with E-state index >= 15 is 0 Å². The molecule has 0 aliphatic rings. The van der Waals surface area contributed by atoms with Crippen molar-refractivity contribution in [3.05, 3.63) is 47.0 Å². The summed E-state index contributed by atoms with van der Waals surface area (Å²) < 4.78 is 0. The highest BCUT2D eigenvalue weighted by atomic mass is 35.5. The molecular formula is C13H18ClN. The van der Waals surface area contributed by atoms with Crippen molar-refractivity contribution in [2.45, 2.75) is 26.3 Å². The van der Waals surface area contributed by atoms with Crippen molar-refractivity contribution in [2.75, 3.05) is 6.54 Å². The molecule has 0 unspecified atom stereocenters. The SMILES string of the molecule is C=C(CC)CN[C@H](C)c1ccccc1Cl. The monoisotopic (exact) mass is 223 g/mol. The average Bonchev–Trinajstić information content (AvgIpc) is 2.26. The van der Waals surface area contributed by atoms with Crippen LogP contribution < -0.4 is 5.32 Å². The van der Waals surface area contributed by atoms with E-state index in [1.54, 1.807) is 0 Å². The summed E-state index contributed by atoms with van der Waals surface area (Å²) in [6, 6.07) is 8.19. The van der Waals surface area contributed by atoms with Crippen molar-refractivity contribution in [1.82, 2.24) is 5.32 Å². The highest BCUT2D eigenvalue weighted by Gasteiger charge is 2.07. The minimum atomic E-state index is 0.266. The Labute approximate surface area is 97.1 Å². The quantitative estimate of drug-likeness (QED) is 0.746. The Morgan fingerprint density at radius 1 is 1.47 bits per heavy atom. The van der Waals surface area contributed by atoms with Gasteiger partial charge in [0.2, 0.25) is 0 Å². The van der Waals surface area contributed by atoms with Crippen LogP contribution in [0.4, 0.5) is 0 Å². The first kappa shape index (κ1) is 12.3. The van der Waals surface area contributed by atoms with Crippen molar-refractivity contribution in [2.24, 2.45) is 0 Å². The van der Waals surface area contributed by atoms with Gasteiger partial charge in [-0.05, 0) is 25.0 Å². The van der Waals surface area contributed by atoms with Crippen molar-refractivity contribution < 1.29 is 0 Å². The molecule has 0 heterocycles. The highest BCUT2D eigenvalue weighted by molar-refractivity contribution is 6.31. The third kappa shape index (κ3) is 3.69. The Bertz CT molecular complexity index is 333. The van der Waals surface area contributed by atoms with E-state index in [1.807, 2.05) is 18.2 Å². The molecule has 2 heteroatoms. The summed E-state index contributed by atoms with van der Waals surface area (Å²) in [6.07, 6.45) is 1.02. The minimum absolute atomic E-state index is 0.266. The molecule has 0 aliphatic carbocycles. The van der Waals surface area contributed by atoms with E-state index in [4.69, 9.17) is 11.6 Å². The van der Waals surface area contributed by atoms with Crippen LogP contribution in [0.2, 0.25) is 5.02 Å². The zero-order valence-corrected chi connectivity index (χ0v) is 10.1. The molecule has 82 valence electrons. The fourth-order valence-electron chi connectivity index (χ4n) is 1.36. The molecule has 0 spiro atoms. The van der Waals surface area contributed by atoms with Crippen LogP contribution in [0, 0.1) is 0 Å². The predicted molar refractivity (Wildman–Crippen MR) is 67.3 cm³/mol. The Morgan fingerprint density at radius 3 is 2.73 bits per heavy atom. The lowest BCUT2D eigenvalue weighted by molar-refractivity contribution is 0.602. The predicted octanol–water partition coefficient (Wildman–Crippen LogP) is 3.96. The average molecular weight is 224 g/mol. The number of rotatable bonds is 5. The second-order valence-electron chi connectivity index (χ2n) is 3.73. The van der Waals surface area contributed by atoms with Crippen LogP contribution >= 0.6 is 11.6 Å². The van der Waals surface area contributed by atoms with Gasteiger partial charge in [-0.2, -0.15) is 0 Å². The molecule has 0 saturated heterocycles. The van der Waals surface area contributed by atoms with E-state index in [0.717, 1.165) is 23.6 Å². The number of hydrogen-bond acceptors (Lipinski definition) is 1. The second-order valence-corrected chi connectivity index (χ2v) is 4.13. The van der Waals surface area contributed by atoms with Gasteiger partial charge in [-0.25, -0.2) is 0 Å². The molecule has 0 fully saturated rings. The lowest BCUT2D eigenvalue weighted by Crippen LogP contribution is -2.21. The summed E-state index contributed by atoms with van der Waals surface area (Å²) >= 11 is 6.11. The first-order chi connectivity index (χ1) is 7.15. The fraction of sp³-hybridized carbons (Fsp3) is 0.385. The molecule has 15 heavy (non-hydrogen) atoms. The number of nitrogens with one attached hydrogen (secondary N) is 1. The van der Waals surface area contributed by atoms with E-state index in [-0.39, 0.29) is 6.04 Å². The van der Waals surface area contributed by atoms with Crippen LogP contribution in [-0.2, 0) is 0 Å². The molecule has 1 nitrogen and oxygen atoms in total. The molecule has 1 aromatic carbocycles. The van der Waals surface area contributed by atoms with Crippen LogP contribution in [0.1, 0.15) is 31.9 Å². The standard InChI is InChI=1S/C13H18ClN/c1-4-10(2)9-15-11(3)12-7-5-6-8-13(12)14/h5-8,11,15H,2,4,9H2,1,3H3/t11-/m1/s1. The Kier molecular flexibility index (Phi) is 4.86.